The molecule has 4 rings (SSSR count). The van der Waals surface area contributed by atoms with Crippen LogP contribution in [-0.2, 0) is 21.0 Å². The molecule has 7 nitrogen and oxygen atoms in total. The fourth-order valence-electron chi connectivity index (χ4n) is 3.32. The van der Waals surface area contributed by atoms with Gasteiger partial charge in [-0.2, -0.15) is 5.06 Å². The molecule has 4 amide bonds. The van der Waals surface area contributed by atoms with Gasteiger partial charge in [0.25, 0.3) is 23.6 Å². The molecule has 0 aliphatic carbocycles. The van der Waals surface area contributed by atoms with Gasteiger partial charge in [0.15, 0.2) is 0 Å². The van der Waals surface area contributed by atoms with E-state index in [9.17, 15) is 19.2 Å². The lowest BCUT2D eigenvalue weighted by Gasteiger charge is -2.33. The van der Waals surface area contributed by atoms with E-state index in [1.165, 1.54) is 0 Å². The predicted molar refractivity (Wildman–Crippen MR) is 93.0 cm³/mol. The maximum absolute atomic E-state index is 12.8. The molecule has 2 aromatic carbocycles. The second-order valence-corrected chi connectivity index (χ2v) is 6.37. The largest absolute Gasteiger partial charge is 0.276 e. The van der Waals surface area contributed by atoms with E-state index in [0.717, 1.165) is 10.5 Å². The predicted octanol–water partition coefficient (Wildman–Crippen LogP) is 1.93. The quantitative estimate of drug-likeness (QED) is 0.774. The number of benzene rings is 2. The molecule has 0 spiro atoms. The Morgan fingerprint density at radius 3 is 2.07 bits per heavy atom. The minimum absolute atomic E-state index is 0.0125. The molecular weight excluding hydrogens is 348 g/mol. The highest BCUT2D eigenvalue weighted by Crippen LogP contribution is 2.29. The summed E-state index contributed by atoms with van der Waals surface area (Å²) >= 11 is 0. The molecule has 2 aliphatic rings. The number of piperidine rings is 1. The summed E-state index contributed by atoms with van der Waals surface area (Å²) < 4.78 is 0. The van der Waals surface area contributed by atoms with E-state index in [4.69, 9.17) is 4.84 Å². The molecular formula is C20H16N2O5. The summed E-state index contributed by atoms with van der Waals surface area (Å²) in [5, 5.41) is 0.685. The van der Waals surface area contributed by atoms with Gasteiger partial charge in [-0.1, -0.05) is 42.5 Å². The van der Waals surface area contributed by atoms with Crippen molar-refractivity contribution in [1.29, 1.82) is 0 Å². The van der Waals surface area contributed by atoms with Crippen LogP contribution in [0, 0.1) is 0 Å². The summed E-state index contributed by atoms with van der Waals surface area (Å²) in [4.78, 5) is 56.6. The van der Waals surface area contributed by atoms with Crippen molar-refractivity contribution in [2.75, 3.05) is 0 Å². The van der Waals surface area contributed by atoms with Crippen molar-refractivity contribution in [2.45, 2.75) is 25.5 Å². The lowest BCUT2D eigenvalue weighted by molar-refractivity contribution is -0.206. The zero-order valence-electron chi connectivity index (χ0n) is 14.3. The fraction of sp³-hybridized carbons (Fsp3) is 0.200. The van der Waals surface area contributed by atoms with E-state index in [1.807, 2.05) is 18.2 Å². The molecule has 0 N–H and O–H groups in total. The average Bonchev–Trinajstić information content (AvgIpc) is 2.94. The van der Waals surface area contributed by atoms with Crippen molar-refractivity contribution < 1.29 is 24.0 Å². The highest BCUT2D eigenvalue weighted by Gasteiger charge is 2.47. The summed E-state index contributed by atoms with van der Waals surface area (Å²) in [6, 6.07) is 14.5. The third-order valence-electron chi connectivity index (χ3n) is 4.68. The van der Waals surface area contributed by atoms with Crippen LogP contribution in [0.25, 0.3) is 0 Å². The number of imide groups is 2. The molecule has 1 atom stereocenters. The summed E-state index contributed by atoms with van der Waals surface area (Å²) in [7, 11) is 0. The van der Waals surface area contributed by atoms with Crippen molar-refractivity contribution in [2.24, 2.45) is 0 Å². The zero-order valence-corrected chi connectivity index (χ0v) is 14.3. The Bertz CT molecular complexity index is 905. The van der Waals surface area contributed by atoms with Crippen molar-refractivity contribution in [3.05, 3.63) is 71.3 Å². The van der Waals surface area contributed by atoms with Gasteiger partial charge in [0.05, 0.1) is 11.1 Å². The van der Waals surface area contributed by atoms with Crippen LogP contribution in [0.3, 0.4) is 0 Å². The summed E-state index contributed by atoms with van der Waals surface area (Å²) in [5.41, 5.74) is 1.33. The smallest absolute Gasteiger partial charge is 0.272 e. The lowest BCUT2D eigenvalue weighted by atomic mass is 10.0. The molecule has 27 heavy (non-hydrogen) atoms. The first-order chi connectivity index (χ1) is 13.1. The highest BCUT2D eigenvalue weighted by atomic mass is 16.7. The van der Waals surface area contributed by atoms with Crippen LogP contribution in [0.15, 0.2) is 54.6 Å². The second-order valence-electron chi connectivity index (χ2n) is 6.37. The Morgan fingerprint density at radius 2 is 1.44 bits per heavy atom. The van der Waals surface area contributed by atoms with Crippen LogP contribution in [-0.4, -0.2) is 39.6 Å². The molecule has 2 heterocycles. The molecule has 2 aromatic rings. The van der Waals surface area contributed by atoms with Crippen LogP contribution >= 0.6 is 0 Å². The van der Waals surface area contributed by atoms with Crippen molar-refractivity contribution in [3.8, 4) is 0 Å². The number of fused-ring (bicyclic) bond motifs is 1. The van der Waals surface area contributed by atoms with E-state index in [-0.39, 0.29) is 30.6 Å². The first-order valence-electron chi connectivity index (χ1n) is 8.58. The monoisotopic (exact) mass is 364 g/mol. The van der Waals surface area contributed by atoms with Gasteiger partial charge in [0, 0.05) is 6.42 Å². The Labute approximate surface area is 155 Å². The molecule has 0 radical (unpaired) electrons. The average molecular weight is 364 g/mol. The standard InChI is InChI=1S/C20H16N2O5/c23-17-11-10-16(20(26)22(17)27-12-13-6-2-1-3-7-13)21-18(24)14-8-4-5-9-15(14)19(21)25/h1-9,16H,10-12H2/t16-/m0/s1. The Kier molecular flexibility index (Phi) is 4.29. The zero-order chi connectivity index (χ0) is 19.0. The van der Waals surface area contributed by atoms with Crippen LogP contribution in [0.1, 0.15) is 39.1 Å². The van der Waals surface area contributed by atoms with E-state index in [0.29, 0.717) is 5.06 Å². The van der Waals surface area contributed by atoms with Gasteiger partial charge in [0.2, 0.25) is 0 Å². The summed E-state index contributed by atoms with van der Waals surface area (Å²) in [6.07, 6.45) is 0.104. The van der Waals surface area contributed by atoms with E-state index in [2.05, 4.69) is 0 Å². The fourth-order valence-corrected chi connectivity index (χ4v) is 3.32. The third kappa shape index (κ3) is 2.92. The van der Waals surface area contributed by atoms with Crippen LogP contribution in [0.5, 0.6) is 0 Å². The summed E-state index contributed by atoms with van der Waals surface area (Å²) in [6.45, 7) is 0.0349. The molecule has 0 unspecified atom stereocenters. The van der Waals surface area contributed by atoms with Gasteiger partial charge in [-0.25, -0.2) is 0 Å². The lowest BCUT2D eigenvalue weighted by Crippen LogP contribution is -2.55. The molecule has 7 heteroatoms. The van der Waals surface area contributed by atoms with Crippen LogP contribution in [0.2, 0.25) is 0 Å². The SMILES string of the molecule is O=C1CC[C@H](N2C(=O)c3ccccc3C2=O)C(=O)N1OCc1ccccc1. The first-order valence-corrected chi connectivity index (χ1v) is 8.58. The number of carbonyl (C=O) groups is 4. The molecule has 2 aliphatic heterocycles. The Hall–Kier alpha value is -3.32. The van der Waals surface area contributed by atoms with Gasteiger partial charge < -0.3 is 0 Å². The van der Waals surface area contributed by atoms with E-state index >= 15 is 0 Å². The van der Waals surface area contributed by atoms with Crippen molar-refractivity contribution in [1.82, 2.24) is 9.96 Å². The van der Waals surface area contributed by atoms with Crippen molar-refractivity contribution in [3.63, 3.8) is 0 Å². The van der Waals surface area contributed by atoms with Crippen LogP contribution < -0.4 is 0 Å². The molecule has 0 bridgehead atoms. The van der Waals surface area contributed by atoms with E-state index in [1.54, 1.807) is 36.4 Å². The van der Waals surface area contributed by atoms with Crippen molar-refractivity contribution >= 4 is 23.6 Å². The maximum atomic E-state index is 12.8. The number of carbonyl (C=O) groups excluding carboxylic acids is 4. The molecule has 1 saturated heterocycles. The minimum atomic E-state index is -1.05. The minimum Gasteiger partial charge on any atom is -0.272 e. The maximum Gasteiger partial charge on any atom is 0.276 e. The first kappa shape index (κ1) is 17.1. The third-order valence-corrected chi connectivity index (χ3v) is 4.68. The normalized spacial score (nSPS) is 19.6. The number of nitrogens with zero attached hydrogens (tertiary/aromatic N) is 2. The van der Waals surface area contributed by atoms with Gasteiger partial charge in [-0.3, -0.25) is 28.9 Å². The second kappa shape index (κ2) is 6.77. The summed E-state index contributed by atoms with van der Waals surface area (Å²) in [5.74, 6) is -2.22. The molecule has 0 saturated carbocycles. The van der Waals surface area contributed by atoms with E-state index < -0.39 is 29.7 Å². The van der Waals surface area contributed by atoms with Gasteiger partial charge in [-0.05, 0) is 24.1 Å². The molecule has 1 fully saturated rings. The topological polar surface area (TPSA) is 84.0 Å². The number of amides is 4. The van der Waals surface area contributed by atoms with Gasteiger partial charge in [-0.15, -0.1) is 0 Å². The van der Waals surface area contributed by atoms with Crippen LogP contribution in [0.4, 0.5) is 0 Å². The number of hydrogen-bond acceptors (Lipinski definition) is 5. The molecule has 136 valence electrons. The number of hydroxylamine groups is 2. The Morgan fingerprint density at radius 1 is 0.852 bits per heavy atom. The Balaban J connectivity index is 1.54. The van der Waals surface area contributed by atoms with Gasteiger partial charge >= 0.3 is 0 Å². The highest BCUT2D eigenvalue weighted by molar-refractivity contribution is 6.23. The number of hydrogen-bond donors (Lipinski definition) is 0. The molecule has 0 aromatic heterocycles. The number of rotatable bonds is 4. The van der Waals surface area contributed by atoms with Gasteiger partial charge in [0.1, 0.15) is 12.6 Å².